The lowest BCUT2D eigenvalue weighted by atomic mass is 9.95. The summed E-state index contributed by atoms with van der Waals surface area (Å²) in [7, 11) is 0. The molecule has 1 atom stereocenters. The summed E-state index contributed by atoms with van der Waals surface area (Å²) in [5.41, 5.74) is 2.47. The highest BCUT2D eigenvalue weighted by Crippen LogP contribution is 2.39. The van der Waals surface area contributed by atoms with Gasteiger partial charge in [-0.3, -0.25) is 9.48 Å². The Morgan fingerprint density at radius 1 is 1.15 bits per heavy atom. The number of hydrogen-bond acceptors (Lipinski definition) is 4. The van der Waals surface area contributed by atoms with Gasteiger partial charge in [0.15, 0.2) is 5.65 Å². The first-order chi connectivity index (χ1) is 12.7. The number of benzene rings is 1. The van der Waals surface area contributed by atoms with Gasteiger partial charge in [0.1, 0.15) is 18.1 Å². The van der Waals surface area contributed by atoms with Crippen LogP contribution >= 0.6 is 0 Å². The second-order valence-corrected chi connectivity index (χ2v) is 7.05. The molecule has 1 fully saturated rings. The van der Waals surface area contributed by atoms with Crippen LogP contribution in [0.25, 0.3) is 11.0 Å². The van der Waals surface area contributed by atoms with Crippen molar-refractivity contribution in [1.29, 1.82) is 0 Å². The molecule has 0 radical (unpaired) electrons. The van der Waals surface area contributed by atoms with E-state index < -0.39 is 5.92 Å². The van der Waals surface area contributed by atoms with Crippen LogP contribution in [-0.4, -0.2) is 25.7 Å². The van der Waals surface area contributed by atoms with E-state index in [-0.39, 0.29) is 11.7 Å². The number of carbonyl (C=O) groups is 1. The fraction of sp³-hybridized carbons (Fsp3) is 0.368. The molecule has 1 unspecified atom stereocenters. The number of hydrogen-bond donors (Lipinski definition) is 1. The molecule has 26 heavy (non-hydrogen) atoms. The highest BCUT2D eigenvalue weighted by Gasteiger charge is 2.35. The Bertz CT molecular complexity index is 1010. The van der Waals surface area contributed by atoms with Crippen molar-refractivity contribution in [3.63, 3.8) is 0 Å². The molecular weight excluding hydrogens is 333 g/mol. The van der Waals surface area contributed by atoms with Crippen molar-refractivity contribution in [2.45, 2.75) is 44.1 Å². The van der Waals surface area contributed by atoms with Gasteiger partial charge in [-0.1, -0.05) is 25.3 Å². The molecule has 2 aliphatic rings. The molecule has 1 saturated carbocycles. The van der Waals surface area contributed by atoms with Crippen molar-refractivity contribution in [2.24, 2.45) is 0 Å². The summed E-state index contributed by atoms with van der Waals surface area (Å²) in [4.78, 5) is 21.3. The quantitative estimate of drug-likeness (QED) is 0.766. The number of aromatic nitrogens is 4. The summed E-state index contributed by atoms with van der Waals surface area (Å²) in [6.07, 6.45) is 9.34. The van der Waals surface area contributed by atoms with Gasteiger partial charge in [-0.2, -0.15) is 5.10 Å². The van der Waals surface area contributed by atoms with Gasteiger partial charge in [0.2, 0.25) is 5.91 Å². The van der Waals surface area contributed by atoms with Gasteiger partial charge in [0, 0.05) is 11.9 Å². The molecule has 0 spiro atoms. The third kappa shape index (κ3) is 2.38. The Balaban J connectivity index is 1.61. The van der Waals surface area contributed by atoms with Crippen molar-refractivity contribution >= 4 is 22.6 Å². The smallest absolute Gasteiger partial charge is 0.238 e. The molecular formula is C19H18FN5O. The van der Waals surface area contributed by atoms with Gasteiger partial charge in [-0.05, 0) is 30.5 Å². The van der Waals surface area contributed by atoms with Gasteiger partial charge >= 0.3 is 0 Å². The fourth-order valence-electron chi connectivity index (χ4n) is 4.14. The Hall–Kier alpha value is -2.83. The number of fused-ring (bicyclic) bond motifs is 2. The summed E-state index contributed by atoms with van der Waals surface area (Å²) >= 11 is 0. The standard InChI is InChI=1S/C19H18FN5O/c20-11-6-7-13-15(8-11)23-19(26)16(13)17-14-9-25(12-4-2-1-3-5-12)24-18(14)22-10-21-17/h6-10,12,16H,1-5H2,(H,23,26). The summed E-state index contributed by atoms with van der Waals surface area (Å²) < 4.78 is 15.5. The highest BCUT2D eigenvalue weighted by atomic mass is 19.1. The first kappa shape index (κ1) is 15.4. The zero-order valence-electron chi connectivity index (χ0n) is 14.2. The molecule has 3 heterocycles. The van der Waals surface area contributed by atoms with Crippen LogP contribution in [0.1, 0.15) is 55.3 Å². The van der Waals surface area contributed by atoms with Crippen LogP contribution in [0.4, 0.5) is 10.1 Å². The first-order valence-corrected chi connectivity index (χ1v) is 9.01. The Morgan fingerprint density at radius 3 is 2.85 bits per heavy atom. The van der Waals surface area contributed by atoms with E-state index in [1.165, 1.54) is 37.7 Å². The second kappa shape index (κ2) is 5.86. The van der Waals surface area contributed by atoms with E-state index in [0.717, 1.165) is 23.8 Å². The van der Waals surface area contributed by atoms with Crippen LogP contribution in [-0.2, 0) is 4.79 Å². The van der Waals surface area contributed by atoms with Crippen LogP contribution in [0, 0.1) is 5.82 Å². The average molecular weight is 351 g/mol. The number of halogens is 1. The maximum absolute atomic E-state index is 13.5. The summed E-state index contributed by atoms with van der Waals surface area (Å²) in [5.74, 6) is -1.14. The number of nitrogens with one attached hydrogen (secondary N) is 1. The van der Waals surface area contributed by atoms with Gasteiger partial charge in [0.25, 0.3) is 0 Å². The molecule has 0 saturated heterocycles. The van der Waals surface area contributed by atoms with E-state index in [0.29, 0.717) is 23.1 Å². The first-order valence-electron chi connectivity index (χ1n) is 9.01. The van der Waals surface area contributed by atoms with Gasteiger partial charge in [-0.25, -0.2) is 14.4 Å². The Labute approximate surface area is 149 Å². The molecule has 1 aliphatic heterocycles. The molecule has 1 amide bonds. The highest BCUT2D eigenvalue weighted by molar-refractivity contribution is 6.06. The molecule has 1 N–H and O–H groups in total. The van der Waals surface area contributed by atoms with E-state index in [1.807, 2.05) is 10.9 Å². The Morgan fingerprint density at radius 2 is 2.00 bits per heavy atom. The third-order valence-electron chi connectivity index (χ3n) is 5.43. The van der Waals surface area contributed by atoms with Gasteiger partial charge < -0.3 is 5.32 Å². The monoisotopic (exact) mass is 351 g/mol. The molecule has 5 rings (SSSR count). The molecule has 2 aromatic heterocycles. The fourth-order valence-corrected chi connectivity index (χ4v) is 4.14. The second-order valence-electron chi connectivity index (χ2n) is 7.05. The zero-order valence-corrected chi connectivity index (χ0v) is 14.2. The number of rotatable bonds is 2. The zero-order chi connectivity index (χ0) is 17.7. The maximum Gasteiger partial charge on any atom is 0.238 e. The summed E-state index contributed by atoms with van der Waals surface area (Å²) in [5, 5.41) is 8.18. The van der Waals surface area contributed by atoms with Crippen molar-refractivity contribution in [3.8, 4) is 0 Å². The van der Waals surface area contributed by atoms with Crippen molar-refractivity contribution in [2.75, 3.05) is 5.32 Å². The van der Waals surface area contributed by atoms with Crippen LogP contribution in [0.5, 0.6) is 0 Å². The molecule has 3 aromatic rings. The topological polar surface area (TPSA) is 72.7 Å². The van der Waals surface area contributed by atoms with Gasteiger partial charge in [0.05, 0.1) is 17.1 Å². The van der Waals surface area contributed by atoms with E-state index in [4.69, 9.17) is 0 Å². The summed E-state index contributed by atoms with van der Waals surface area (Å²) in [6, 6.07) is 4.74. The predicted molar refractivity (Wildman–Crippen MR) is 94.3 cm³/mol. The third-order valence-corrected chi connectivity index (χ3v) is 5.43. The van der Waals surface area contributed by atoms with Crippen LogP contribution in [0.3, 0.4) is 0 Å². The number of anilines is 1. The average Bonchev–Trinajstić information content (AvgIpc) is 3.22. The van der Waals surface area contributed by atoms with Crippen LogP contribution in [0.2, 0.25) is 0 Å². The van der Waals surface area contributed by atoms with Crippen LogP contribution < -0.4 is 5.32 Å². The van der Waals surface area contributed by atoms with E-state index in [2.05, 4.69) is 20.4 Å². The molecule has 1 aliphatic carbocycles. The molecule has 132 valence electrons. The number of carbonyl (C=O) groups excluding carboxylic acids is 1. The SMILES string of the molecule is O=C1Nc2cc(F)ccc2C1c1ncnc2nn(C3CCCCC3)cc12. The van der Waals surface area contributed by atoms with E-state index in [9.17, 15) is 9.18 Å². The summed E-state index contributed by atoms with van der Waals surface area (Å²) in [6.45, 7) is 0. The minimum Gasteiger partial charge on any atom is -0.325 e. The molecule has 7 heteroatoms. The molecule has 6 nitrogen and oxygen atoms in total. The minimum absolute atomic E-state index is 0.198. The van der Waals surface area contributed by atoms with E-state index >= 15 is 0 Å². The maximum atomic E-state index is 13.5. The number of amides is 1. The molecule has 0 bridgehead atoms. The van der Waals surface area contributed by atoms with E-state index in [1.54, 1.807) is 6.07 Å². The molecule has 1 aromatic carbocycles. The lowest BCUT2D eigenvalue weighted by Crippen LogP contribution is -2.15. The van der Waals surface area contributed by atoms with Crippen LogP contribution in [0.15, 0.2) is 30.7 Å². The lowest BCUT2D eigenvalue weighted by molar-refractivity contribution is -0.116. The van der Waals surface area contributed by atoms with Crippen molar-refractivity contribution in [3.05, 3.63) is 47.8 Å². The minimum atomic E-state index is -0.569. The van der Waals surface area contributed by atoms with Crippen molar-refractivity contribution < 1.29 is 9.18 Å². The number of nitrogens with zero attached hydrogens (tertiary/aromatic N) is 4. The van der Waals surface area contributed by atoms with Crippen molar-refractivity contribution in [1.82, 2.24) is 19.7 Å². The lowest BCUT2D eigenvalue weighted by Gasteiger charge is -2.21. The normalized spacial score (nSPS) is 20.3. The largest absolute Gasteiger partial charge is 0.325 e. The van der Waals surface area contributed by atoms with Gasteiger partial charge in [-0.15, -0.1) is 0 Å². The predicted octanol–water partition coefficient (Wildman–Crippen LogP) is 3.55. The Kier molecular flexibility index (Phi) is 3.48.